The SMILES string of the molecule is CCC(C)C1=CCC=CC=N1. The van der Waals surface area contributed by atoms with Crippen LogP contribution in [-0.4, -0.2) is 6.21 Å². The van der Waals surface area contributed by atoms with E-state index in [1.54, 1.807) is 0 Å². The molecular weight excluding hydrogens is 134 g/mol. The van der Waals surface area contributed by atoms with Crippen molar-refractivity contribution in [1.82, 2.24) is 0 Å². The zero-order chi connectivity index (χ0) is 8.10. The summed E-state index contributed by atoms with van der Waals surface area (Å²) >= 11 is 0. The van der Waals surface area contributed by atoms with E-state index in [1.165, 1.54) is 12.1 Å². The van der Waals surface area contributed by atoms with Crippen LogP contribution >= 0.6 is 0 Å². The van der Waals surface area contributed by atoms with Crippen molar-refractivity contribution in [2.24, 2.45) is 10.9 Å². The second-order valence-corrected chi connectivity index (χ2v) is 2.88. The molecule has 0 spiro atoms. The number of hydrogen-bond donors (Lipinski definition) is 0. The number of aliphatic imine (C=N–C) groups is 1. The molecule has 11 heavy (non-hydrogen) atoms. The van der Waals surface area contributed by atoms with Crippen molar-refractivity contribution in [2.75, 3.05) is 0 Å². The second-order valence-electron chi connectivity index (χ2n) is 2.88. The highest BCUT2D eigenvalue weighted by molar-refractivity contribution is 5.72. The van der Waals surface area contributed by atoms with E-state index in [4.69, 9.17) is 0 Å². The molecule has 0 amide bonds. The van der Waals surface area contributed by atoms with Crippen LogP contribution in [0.15, 0.2) is 28.9 Å². The quantitative estimate of drug-likeness (QED) is 0.572. The smallest absolute Gasteiger partial charge is 0.0394 e. The fourth-order valence-corrected chi connectivity index (χ4v) is 1.05. The third-order valence-electron chi connectivity index (χ3n) is 2.03. The normalized spacial score (nSPS) is 19.3. The summed E-state index contributed by atoms with van der Waals surface area (Å²) in [4.78, 5) is 4.34. The average Bonchev–Trinajstić information content (AvgIpc) is 2.30. The van der Waals surface area contributed by atoms with E-state index in [2.05, 4.69) is 31.0 Å². The van der Waals surface area contributed by atoms with Crippen LogP contribution in [-0.2, 0) is 0 Å². The lowest BCUT2D eigenvalue weighted by Gasteiger charge is -2.07. The van der Waals surface area contributed by atoms with Gasteiger partial charge in [-0.05, 0) is 24.8 Å². The number of hydrogen-bond acceptors (Lipinski definition) is 1. The lowest BCUT2D eigenvalue weighted by molar-refractivity contribution is 0.647. The maximum atomic E-state index is 4.34. The summed E-state index contributed by atoms with van der Waals surface area (Å²) in [7, 11) is 0. The molecule has 0 fully saturated rings. The van der Waals surface area contributed by atoms with Gasteiger partial charge in [0.1, 0.15) is 0 Å². The molecular formula is C10H15N. The third-order valence-corrected chi connectivity index (χ3v) is 2.03. The Hall–Kier alpha value is -0.850. The summed E-state index contributed by atoms with van der Waals surface area (Å²) in [5, 5.41) is 0. The number of allylic oxidation sites excluding steroid dienone is 4. The first-order valence-corrected chi connectivity index (χ1v) is 4.24. The Kier molecular flexibility index (Phi) is 3.09. The molecule has 1 atom stereocenters. The molecule has 0 N–H and O–H groups in total. The van der Waals surface area contributed by atoms with E-state index in [0.29, 0.717) is 5.92 Å². The molecule has 0 bridgehead atoms. The maximum absolute atomic E-state index is 4.34. The molecule has 0 aliphatic carbocycles. The highest BCUT2D eigenvalue weighted by Crippen LogP contribution is 2.16. The molecule has 1 nitrogen and oxygen atoms in total. The first-order chi connectivity index (χ1) is 5.34. The molecule has 60 valence electrons. The Morgan fingerprint density at radius 1 is 1.64 bits per heavy atom. The van der Waals surface area contributed by atoms with Gasteiger partial charge in [0.15, 0.2) is 0 Å². The van der Waals surface area contributed by atoms with Crippen molar-refractivity contribution in [1.29, 1.82) is 0 Å². The van der Waals surface area contributed by atoms with E-state index < -0.39 is 0 Å². The van der Waals surface area contributed by atoms with E-state index in [9.17, 15) is 0 Å². The molecule has 1 unspecified atom stereocenters. The average molecular weight is 149 g/mol. The summed E-state index contributed by atoms with van der Waals surface area (Å²) in [6, 6.07) is 0. The summed E-state index contributed by atoms with van der Waals surface area (Å²) < 4.78 is 0. The molecule has 1 heterocycles. The monoisotopic (exact) mass is 149 g/mol. The summed E-state index contributed by atoms with van der Waals surface area (Å²) in [6.45, 7) is 4.41. The third kappa shape index (κ3) is 2.34. The zero-order valence-corrected chi connectivity index (χ0v) is 7.25. The molecule has 0 aromatic carbocycles. The summed E-state index contributed by atoms with van der Waals surface area (Å²) in [5.74, 6) is 0.603. The molecule has 0 aromatic rings. The van der Waals surface area contributed by atoms with Crippen molar-refractivity contribution >= 4 is 6.21 Å². The van der Waals surface area contributed by atoms with Crippen LogP contribution in [0.4, 0.5) is 0 Å². The van der Waals surface area contributed by atoms with Crippen LogP contribution in [0, 0.1) is 5.92 Å². The molecule has 1 aliphatic rings. The van der Waals surface area contributed by atoms with E-state index in [1.807, 2.05) is 12.3 Å². The molecule has 1 aliphatic heterocycles. The minimum absolute atomic E-state index is 0.603. The summed E-state index contributed by atoms with van der Waals surface area (Å²) in [5.41, 5.74) is 1.23. The zero-order valence-electron chi connectivity index (χ0n) is 7.25. The van der Waals surface area contributed by atoms with Gasteiger partial charge >= 0.3 is 0 Å². The van der Waals surface area contributed by atoms with Gasteiger partial charge in [0.25, 0.3) is 0 Å². The Morgan fingerprint density at radius 3 is 3.18 bits per heavy atom. The van der Waals surface area contributed by atoms with Crippen LogP contribution < -0.4 is 0 Å². The fraction of sp³-hybridized carbons (Fsp3) is 0.500. The predicted octanol–water partition coefficient (Wildman–Crippen LogP) is 2.95. The van der Waals surface area contributed by atoms with Crippen LogP contribution in [0.1, 0.15) is 26.7 Å². The highest BCUT2D eigenvalue weighted by atomic mass is 14.7. The second kappa shape index (κ2) is 4.12. The molecule has 0 saturated heterocycles. The highest BCUT2D eigenvalue weighted by Gasteiger charge is 2.03. The van der Waals surface area contributed by atoms with Crippen LogP contribution in [0.25, 0.3) is 0 Å². The molecule has 1 heteroatoms. The molecule has 0 radical (unpaired) electrons. The van der Waals surface area contributed by atoms with Gasteiger partial charge in [0, 0.05) is 11.9 Å². The van der Waals surface area contributed by atoms with E-state index >= 15 is 0 Å². The number of rotatable bonds is 2. The fourth-order valence-electron chi connectivity index (χ4n) is 1.05. The molecule has 0 saturated carbocycles. The van der Waals surface area contributed by atoms with Gasteiger partial charge in [0.05, 0.1) is 0 Å². The van der Waals surface area contributed by atoms with Gasteiger partial charge in [-0.2, -0.15) is 0 Å². The maximum Gasteiger partial charge on any atom is 0.0394 e. The van der Waals surface area contributed by atoms with Crippen molar-refractivity contribution in [3.63, 3.8) is 0 Å². The summed E-state index contributed by atoms with van der Waals surface area (Å²) in [6.07, 6.45) is 10.4. The van der Waals surface area contributed by atoms with Crippen LogP contribution in [0.5, 0.6) is 0 Å². The van der Waals surface area contributed by atoms with Crippen molar-refractivity contribution in [2.45, 2.75) is 26.7 Å². The van der Waals surface area contributed by atoms with E-state index in [-0.39, 0.29) is 0 Å². The Bertz CT molecular complexity index is 199. The van der Waals surface area contributed by atoms with Crippen molar-refractivity contribution in [3.8, 4) is 0 Å². The minimum atomic E-state index is 0.603. The molecule has 0 aromatic heterocycles. The van der Waals surface area contributed by atoms with Gasteiger partial charge in [-0.15, -0.1) is 0 Å². The van der Waals surface area contributed by atoms with Crippen LogP contribution in [0.3, 0.4) is 0 Å². The standard InChI is InChI=1S/C10H15N/c1-3-9(2)10-7-5-4-6-8-11-10/h4,6-9H,3,5H2,1-2H3. The van der Waals surface area contributed by atoms with Crippen molar-refractivity contribution in [3.05, 3.63) is 23.9 Å². The largest absolute Gasteiger partial charge is 0.261 e. The topological polar surface area (TPSA) is 12.4 Å². The van der Waals surface area contributed by atoms with Crippen molar-refractivity contribution < 1.29 is 0 Å². The van der Waals surface area contributed by atoms with Gasteiger partial charge in [-0.25, -0.2) is 0 Å². The minimum Gasteiger partial charge on any atom is -0.261 e. The lowest BCUT2D eigenvalue weighted by atomic mass is 10.0. The lowest BCUT2D eigenvalue weighted by Crippen LogP contribution is -1.94. The first-order valence-electron chi connectivity index (χ1n) is 4.24. The van der Waals surface area contributed by atoms with Gasteiger partial charge in [-0.3, -0.25) is 4.99 Å². The predicted molar refractivity (Wildman–Crippen MR) is 49.8 cm³/mol. The van der Waals surface area contributed by atoms with Gasteiger partial charge in [-0.1, -0.05) is 26.0 Å². The molecule has 1 rings (SSSR count). The van der Waals surface area contributed by atoms with Gasteiger partial charge < -0.3 is 0 Å². The Labute approximate surface area is 68.5 Å². The van der Waals surface area contributed by atoms with Crippen LogP contribution in [0.2, 0.25) is 0 Å². The first kappa shape index (κ1) is 8.25. The number of nitrogens with zero attached hydrogens (tertiary/aromatic N) is 1. The Balaban J connectivity index is 2.64. The van der Waals surface area contributed by atoms with E-state index in [0.717, 1.165) is 6.42 Å². The Morgan fingerprint density at radius 2 is 2.45 bits per heavy atom. The van der Waals surface area contributed by atoms with Gasteiger partial charge in [0.2, 0.25) is 0 Å².